The first-order valence-electron chi connectivity index (χ1n) is 7.72. The Morgan fingerprint density at radius 2 is 1.88 bits per heavy atom. The Morgan fingerprint density at radius 3 is 2.72 bits per heavy atom. The zero-order chi connectivity index (χ0) is 17.2. The summed E-state index contributed by atoms with van der Waals surface area (Å²) in [6.45, 7) is 0.563. The SMILES string of the molecule is O=C1Nc2cc(F)ccc2Nc2nc(NCc3ccccc3)ncc21. The highest BCUT2D eigenvalue weighted by atomic mass is 19.1. The number of amides is 1. The number of nitrogens with zero attached hydrogens (tertiary/aromatic N) is 2. The van der Waals surface area contributed by atoms with Crippen molar-refractivity contribution in [3.63, 3.8) is 0 Å². The van der Waals surface area contributed by atoms with Gasteiger partial charge in [0.2, 0.25) is 5.95 Å². The molecule has 124 valence electrons. The van der Waals surface area contributed by atoms with Crippen LogP contribution in [0.25, 0.3) is 0 Å². The molecule has 25 heavy (non-hydrogen) atoms. The molecule has 0 radical (unpaired) electrons. The van der Waals surface area contributed by atoms with Gasteiger partial charge in [-0.3, -0.25) is 4.79 Å². The number of hydrogen-bond acceptors (Lipinski definition) is 5. The first-order chi connectivity index (χ1) is 12.2. The fourth-order valence-corrected chi connectivity index (χ4v) is 2.55. The van der Waals surface area contributed by atoms with Crippen molar-refractivity contribution in [1.82, 2.24) is 9.97 Å². The molecule has 0 saturated carbocycles. The number of fused-ring (bicyclic) bond motifs is 2. The second-order valence-corrected chi connectivity index (χ2v) is 5.56. The standard InChI is InChI=1S/C18H14FN5O/c19-12-6-7-14-15(8-12)23-17(25)13-10-21-18(24-16(13)22-14)20-9-11-4-2-1-3-5-11/h1-8,10H,9H2,(H,23,25)(H2,20,21,22,24). The number of rotatable bonds is 3. The summed E-state index contributed by atoms with van der Waals surface area (Å²) in [5, 5.41) is 8.84. The van der Waals surface area contributed by atoms with Gasteiger partial charge in [-0.05, 0) is 23.8 Å². The summed E-state index contributed by atoms with van der Waals surface area (Å²) in [5.74, 6) is -0.0496. The van der Waals surface area contributed by atoms with Crippen LogP contribution in [0.15, 0.2) is 54.7 Å². The Morgan fingerprint density at radius 1 is 1.04 bits per heavy atom. The normalized spacial score (nSPS) is 12.3. The minimum atomic E-state index is -0.428. The van der Waals surface area contributed by atoms with Gasteiger partial charge in [-0.25, -0.2) is 9.37 Å². The number of hydrogen-bond donors (Lipinski definition) is 3. The third-order valence-corrected chi connectivity index (χ3v) is 3.81. The van der Waals surface area contributed by atoms with E-state index in [9.17, 15) is 9.18 Å². The van der Waals surface area contributed by atoms with Crippen LogP contribution in [0.5, 0.6) is 0 Å². The number of halogens is 1. The molecule has 7 heteroatoms. The zero-order valence-corrected chi connectivity index (χ0v) is 13.1. The summed E-state index contributed by atoms with van der Waals surface area (Å²) in [4.78, 5) is 20.9. The molecular weight excluding hydrogens is 321 g/mol. The van der Waals surface area contributed by atoms with E-state index in [1.807, 2.05) is 30.3 Å². The predicted octanol–water partition coefficient (Wildman–Crippen LogP) is 3.54. The maximum atomic E-state index is 13.4. The lowest BCUT2D eigenvalue weighted by molar-refractivity contribution is 0.102. The Balaban J connectivity index is 1.61. The highest BCUT2D eigenvalue weighted by Crippen LogP contribution is 2.31. The van der Waals surface area contributed by atoms with E-state index in [0.717, 1.165) is 5.56 Å². The van der Waals surface area contributed by atoms with E-state index in [2.05, 4.69) is 25.9 Å². The maximum absolute atomic E-state index is 13.4. The van der Waals surface area contributed by atoms with E-state index < -0.39 is 5.82 Å². The summed E-state index contributed by atoms with van der Waals surface area (Å²) in [6.07, 6.45) is 1.44. The van der Waals surface area contributed by atoms with Crippen LogP contribution in [0.1, 0.15) is 15.9 Å². The van der Waals surface area contributed by atoms with Crippen molar-refractivity contribution < 1.29 is 9.18 Å². The van der Waals surface area contributed by atoms with Gasteiger partial charge in [0.1, 0.15) is 17.2 Å². The van der Waals surface area contributed by atoms with Crippen LogP contribution in [0.2, 0.25) is 0 Å². The van der Waals surface area contributed by atoms with E-state index >= 15 is 0 Å². The van der Waals surface area contributed by atoms with Crippen molar-refractivity contribution in [1.29, 1.82) is 0 Å². The predicted molar refractivity (Wildman–Crippen MR) is 93.4 cm³/mol. The average Bonchev–Trinajstić information content (AvgIpc) is 2.76. The fraction of sp³-hybridized carbons (Fsp3) is 0.0556. The minimum Gasteiger partial charge on any atom is -0.350 e. The molecule has 0 saturated heterocycles. The van der Waals surface area contributed by atoms with Gasteiger partial charge in [0.05, 0.1) is 11.4 Å². The van der Waals surface area contributed by atoms with Gasteiger partial charge in [-0.15, -0.1) is 0 Å². The van der Waals surface area contributed by atoms with Crippen LogP contribution in [0.4, 0.5) is 27.5 Å². The summed E-state index contributed by atoms with van der Waals surface area (Å²) in [5.41, 5.74) is 2.32. The third-order valence-electron chi connectivity index (χ3n) is 3.81. The smallest absolute Gasteiger partial charge is 0.261 e. The van der Waals surface area contributed by atoms with Gasteiger partial charge in [-0.1, -0.05) is 30.3 Å². The largest absolute Gasteiger partial charge is 0.350 e. The fourth-order valence-electron chi connectivity index (χ4n) is 2.55. The number of benzene rings is 2. The van der Waals surface area contributed by atoms with E-state index in [4.69, 9.17) is 0 Å². The van der Waals surface area contributed by atoms with E-state index in [0.29, 0.717) is 35.2 Å². The minimum absolute atomic E-state index is 0.293. The monoisotopic (exact) mass is 335 g/mol. The van der Waals surface area contributed by atoms with Crippen molar-refractivity contribution in [2.45, 2.75) is 6.54 Å². The van der Waals surface area contributed by atoms with Crippen LogP contribution < -0.4 is 16.0 Å². The van der Waals surface area contributed by atoms with Gasteiger partial charge >= 0.3 is 0 Å². The molecule has 6 nitrogen and oxygen atoms in total. The Hall–Kier alpha value is -3.48. The van der Waals surface area contributed by atoms with Gasteiger partial charge in [0.25, 0.3) is 5.91 Å². The van der Waals surface area contributed by atoms with Crippen LogP contribution >= 0.6 is 0 Å². The third kappa shape index (κ3) is 3.12. The Bertz CT molecular complexity index is 945. The number of carbonyl (C=O) groups excluding carboxylic acids is 1. The molecule has 2 heterocycles. The summed E-state index contributed by atoms with van der Waals surface area (Å²) in [7, 11) is 0. The number of carbonyl (C=O) groups is 1. The lowest BCUT2D eigenvalue weighted by Gasteiger charge is -2.09. The molecule has 0 aliphatic carbocycles. The molecule has 3 aromatic rings. The molecular formula is C18H14FN5O. The van der Waals surface area contributed by atoms with Crippen LogP contribution in [0, 0.1) is 5.82 Å². The second-order valence-electron chi connectivity index (χ2n) is 5.56. The van der Waals surface area contributed by atoms with Gasteiger partial charge in [0.15, 0.2) is 0 Å². The Kier molecular flexibility index (Phi) is 3.74. The summed E-state index contributed by atoms with van der Waals surface area (Å²) < 4.78 is 13.4. The lowest BCUT2D eigenvalue weighted by Crippen LogP contribution is -2.13. The highest BCUT2D eigenvalue weighted by molar-refractivity contribution is 6.11. The van der Waals surface area contributed by atoms with Crippen LogP contribution in [-0.2, 0) is 6.54 Å². The van der Waals surface area contributed by atoms with E-state index in [1.165, 1.54) is 18.3 Å². The number of aromatic nitrogens is 2. The topological polar surface area (TPSA) is 78.9 Å². The molecule has 0 spiro atoms. The van der Waals surface area contributed by atoms with Crippen molar-refractivity contribution >= 4 is 29.0 Å². The molecule has 1 aliphatic heterocycles. The van der Waals surface area contributed by atoms with Crippen LogP contribution in [-0.4, -0.2) is 15.9 Å². The molecule has 0 atom stereocenters. The van der Waals surface area contributed by atoms with Crippen molar-refractivity contribution in [3.8, 4) is 0 Å². The van der Waals surface area contributed by atoms with E-state index in [1.54, 1.807) is 6.07 Å². The average molecular weight is 335 g/mol. The summed E-state index contributed by atoms with van der Waals surface area (Å²) in [6, 6.07) is 14.0. The van der Waals surface area contributed by atoms with Crippen molar-refractivity contribution in [2.75, 3.05) is 16.0 Å². The Labute approximate surface area is 143 Å². The molecule has 1 aromatic heterocycles. The van der Waals surface area contributed by atoms with Gasteiger partial charge in [-0.2, -0.15) is 4.98 Å². The molecule has 0 unspecified atom stereocenters. The van der Waals surface area contributed by atoms with Crippen molar-refractivity contribution in [3.05, 3.63) is 71.7 Å². The molecule has 1 amide bonds. The first-order valence-corrected chi connectivity index (χ1v) is 7.72. The lowest BCUT2D eigenvalue weighted by atomic mass is 10.2. The number of anilines is 4. The highest BCUT2D eigenvalue weighted by Gasteiger charge is 2.21. The molecule has 4 rings (SSSR count). The number of nitrogens with one attached hydrogen (secondary N) is 3. The molecule has 2 aromatic carbocycles. The van der Waals surface area contributed by atoms with E-state index in [-0.39, 0.29) is 5.91 Å². The van der Waals surface area contributed by atoms with Crippen molar-refractivity contribution in [2.24, 2.45) is 0 Å². The summed E-state index contributed by atoms with van der Waals surface area (Å²) >= 11 is 0. The molecule has 1 aliphatic rings. The van der Waals surface area contributed by atoms with Gasteiger partial charge in [0, 0.05) is 12.7 Å². The van der Waals surface area contributed by atoms with Crippen LogP contribution in [0.3, 0.4) is 0 Å². The molecule has 3 N–H and O–H groups in total. The quantitative estimate of drug-likeness (QED) is 0.682. The first kappa shape index (κ1) is 15.1. The second kappa shape index (κ2) is 6.20. The van der Waals surface area contributed by atoms with Gasteiger partial charge < -0.3 is 16.0 Å². The molecule has 0 bridgehead atoms. The maximum Gasteiger partial charge on any atom is 0.261 e. The zero-order valence-electron chi connectivity index (χ0n) is 13.1. The molecule has 0 fully saturated rings.